The van der Waals surface area contributed by atoms with Crippen LogP contribution in [0.15, 0.2) is 24.3 Å². The molecule has 0 saturated carbocycles. The topological polar surface area (TPSA) is 69.6 Å². The van der Waals surface area contributed by atoms with Gasteiger partial charge < -0.3 is 15.5 Å². The van der Waals surface area contributed by atoms with E-state index in [9.17, 15) is 15.0 Å². The van der Waals surface area contributed by atoms with Crippen LogP contribution in [0.25, 0.3) is 0 Å². The number of carbonyl (C=O) groups is 1. The minimum Gasteiger partial charge on any atom is -0.394 e. The van der Waals surface area contributed by atoms with Crippen molar-refractivity contribution in [3.63, 3.8) is 0 Å². The van der Waals surface area contributed by atoms with E-state index in [0.717, 1.165) is 44.9 Å². The number of allylic oxidation sites excluding steroid dienone is 4. The van der Waals surface area contributed by atoms with Gasteiger partial charge >= 0.3 is 0 Å². The number of aliphatic hydroxyl groups is 2. The second-order valence-corrected chi connectivity index (χ2v) is 9.46. The maximum absolute atomic E-state index is 12.2. The molecule has 0 bridgehead atoms. The van der Waals surface area contributed by atoms with E-state index in [1.54, 1.807) is 0 Å². The Morgan fingerprint density at radius 2 is 1.24 bits per heavy atom. The maximum Gasteiger partial charge on any atom is 0.220 e. The molecule has 0 saturated heterocycles. The molecule has 33 heavy (non-hydrogen) atoms. The van der Waals surface area contributed by atoms with Crippen molar-refractivity contribution in [2.24, 2.45) is 0 Å². The molecule has 0 fully saturated rings. The van der Waals surface area contributed by atoms with Gasteiger partial charge in [-0.1, -0.05) is 109 Å². The van der Waals surface area contributed by atoms with Crippen molar-refractivity contribution in [1.29, 1.82) is 0 Å². The molecule has 0 aromatic rings. The molecule has 0 aliphatic carbocycles. The molecule has 0 radical (unpaired) electrons. The summed E-state index contributed by atoms with van der Waals surface area (Å²) in [5.41, 5.74) is 0. The SMILES string of the molecule is CCCCC/C=C\C/C=C\CCCCCCCC(=O)NC(CO)C(O)CCCCCCCC. The Morgan fingerprint density at radius 1 is 0.727 bits per heavy atom. The molecule has 3 N–H and O–H groups in total. The second-order valence-electron chi connectivity index (χ2n) is 9.46. The van der Waals surface area contributed by atoms with E-state index in [0.29, 0.717) is 12.8 Å². The Kier molecular flexibility index (Phi) is 24.6. The molecule has 4 nitrogen and oxygen atoms in total. The van der Waals surface area contributed by atoms with Gasteiger partial charge in [-0.25, -0.2) is 0 Å². The number of amides is 1. The average molecular weight is 466 g/mol. The molecule has 0 heterocycles. The van der Waals surface area contributed by atoms with Crippen molar-refractivity contribution in [3.05, 3.63) is 24.3 Å². The first-order valence-corrected chi connectivity index (χ1v) is 14.0. The molecule has 0 aromatic heterocycles. The van der Waals surface area contributed by atoms with Crippen molar-refractivity contribution >= 4 is 5.91 Å². The summed E-state index contributed by atoms with van der Waals surface area (Å²) in [5, 5.41) is 22.6. The first kappa shape index (κ1) is 31.9. The molecule has 0 aliphatic heterocycles. The Morgan fingerprint density at radius 3 is 1.88 bits per heavy atom. The minimum absolute atomic E-state index is 0.0540. The van der Waals surface area contributed by atoms with Crippen LogP contribution in [0.3, 0.4) is 0 Å². The maximum atomic E-state index is 12.2. The highest BCUT2D eigenvalue weighted by atomic mass is 16.3. The summed E-state index contributed by atoms with van der Waals surface area (Å²) >= 11 is 0. The van der Waals surface area contributed by atoms with Gasteiger partial charge in [-0.15, -0.1) is 0 Å². The van der Waals surface area contributed by atoms with E-state index in [1.807, 2.05) is 0 Å². The number of rotatable bonds is 24. The van der Waals surface area contributed by atoms with E-state index in [4.69, 9.17) is 0 Å². The van der Waals surface area contributed by atoms with Gasteiger partial charge in [-0.05, 0) is 44.9 Å². The number of hydrogen-bond donors (Lipinski definition) is 3. The molecule has 2 atom stereocenters. The first-order valence-electron chi connectivity index (χ1n) is 14.0. The predicted octanol–water partition coefficient (Wildman–Crippen LogP) is 7.39. The van der Waals surface area contributed by atoms with Crippen LogP contribution in [-0.2, 0) is 4.79 Å². The standard InChI is InChI=1S/C29H55NO3/c1-3-5-7-9-11-12-13-14-15-16-17-18-19-21-23-25-29(33)30-27(26-31)28(32)24-22-20-10-8-6-4-2/h11-12,14-15,27-28,31-32H,3-10,13,16-26H2,1-2H3,(H,30,33)/b12-11-,15-14-. The van der Waals surface area contributed by atoms with E-state index in [2.05, 4.69) is 43.5 Å². The zero-order chi connectivity index (χ0) is 24.4. The fourth-order valence-electron chi connectivity index (χ4n) is 3.97. The normalized spacial score (nSPS) is 13.7. The molecule has 0 spiro atoms. The molecule has 194 valence electrons. The van der Waals surface area contributed by atoms with Gasteiger partial charge in [0.15, 0.2) is 0 Å². The third kappa shape index (κ3) is 22.4. The van der Waals surface area contributed by atoms with Crippen LogP contribution in [0.5, 0.6) is 0 Å². The van der Waals surface area contributed by atoms with Crippen LogP contribution in [0.2, 0.25) is 0 Å². The van der Waals surface area contributed by atoms with Crippen molar-refractivity contribution < 1.29 is 15.0 Å². The molecule has 2 unspecified atom stereocenters. The third-order valence-corrected chi connectivity index (χ3v) is 6.22. The van der Waals surface area contributed by atoms with Crippen molar-refractivity contribution in [2.45, 2.75) is 148 Å². The number of nitrogens with one attached hydrogen (secondary N) is 1. The average Bonchev–Trinajstić information content (AvgIpc) is 2.82. The van der Waals surface area contributed by atoms with E-state index >= 15 is 0 Å². The van der Waals surface area contributed by atoms with Gasteiger partial charge in [0.2, 0.25) is 5.91 Å². The van der Waals surface area contributed by atoms with E-state index in [1.165, 1.54) is 64.2 Å². The van der Waals surface area contributed by atoms with Crippen LogP contribution in [0.1, 0.15) is 136 Å². The second kappa shape index (κ2) is 25.5. The quantitative estimate of drug-likeness (QED) is 0.103. The number of aliphatic hydroxyl groups excluding tert-OH is 2. The lowest BCUT2D eigenvalue weighted by atomic mass is 10.0. The lowest BCUT2D eigenvalue weighted by Gasteiger charge is -2.22. The van der Waals surface area contributed by atoms with Gasteiger partial charge in [-0.2, -0.15) is 0 Å². The molecular weight excluding hydrogens is 410 g/mol. The van der Waals surface area contributed by atoms with Gasteiger partial charge in [-0.3, -0.25) is 4.79 Å². The van der Waals surface area contributed by atoms with E-state index in [-0.39, 0.29) is 12.5 Å². The van der Waals surface area contributed by atoms with Gasteiger partial charge in [0.05, 0.1) is 18.8 Å². The molecule has 4 heteroatoms. The summed E-state index contributed by atoms with van der Waals surface area (Å²) in [7, 11) is 0. The van der Waals surface area contributed by atoms with Crippen LogP contribution < -0.4 is 5.32 Å². The summed E-state index contributed by atoms with van der Waals surface area (Å²) in [6, 6.07) is -0.536. The molecular formula is C29H55NO3. The van der Waals surface area contributed by atoms with Crippen molar-refractivity contribution in [3.8, 4) is 0 Å². The van der Waals surface area contributed by atoms with Crippen molar-refractivity contribution in [2.75, 3.05) is 6.61 Å². The highest BCUT2D eigenvalue weighted by Crippen LogP contribution is 2.12. The van der Waals surface area contributed by atoms with Crippen LogP contribution in [0.4, 0.5) is 0 Å². The molecule has 0 aliphatic rings. The first-order chi connectivity index (χ1) is 16.2. The highest BCUT2D eigenvalue weighted by molar-refractivity contribution is 5.76. The van der Waals surface area contributed by atoms with Crippen LogP contribution in [-0.4, -0.2) is 34.9 Å². The summed E-state index contributed by atoms with van der Waals surface area (Å²) in [4.78, 5) is 12.2. The fourth-order valence-corrected chi connectivity index (χ4v) is 3.97. The largest absolute Gasteiger partial charge is 0.394 e. The monoisotopic (exact) mass is 465 g/mol. The smallest absolute Gasteiger partial charge is 0.220 e. The summed E-state index contributed by atoms with van der Waals surface area (Å²) in [6.07, 6.45) is 29.4. The fraction of sp³-hybridized carbons (Fsp3) is 0.828. The Labute approximate surface area is 205 Å². The third-order valence-electron chi connectivity index (χ3n) is 6.22. The minimum atomic E-state index is -0.658. The zero-order valence-electron chi connectivity index (χ0n) is 21.9. The summed E-state index contributed by atoms with van der Waals surface area (Å²) < 4.78 is 0. The van der Waals surface area contributed by atoms with Crippen LogP contribution in [0, 0.1) is 0 Å². The lowest BCUT2D eigenvalue weighted by molar-refractivity contribution is -0.123. The van der Waals surface area contributed by atoms with Crippen molar-refractivity contribution in [1.82, 2.24) is 5.32 Å². The van der Waals surface area contributed by atoms with Gasteiger partial charge in [0.1, 0.15) is 0 Å². The van der Waals surface area contributed by atoms with Gasteiger partial charge in [0.25, 0.3) is 0 Å². The van der Waals surface area contributed by atoms with Crippen LogP contribution >= 0.6 is 0 Å². The Hall–Kier alpha value is -1.13. The van der Waals surface area contributed by atoms with E-state index < -0.39 is 12.1 Å². The summed E-state index contributed by atoms with van der Waals surface area (Å²) in [6.45, 7) is 4.24. The predicted molar refractivity (Wildman–Crippen MR) is 142 cm³/mol. The number of carbonyl (C=O) groups excluding carboxylic acids is 1. The molecule has 0 aromatic carbocycles. The Bertz CT molecular complexity index is 475. The summed E-state index contributed by atoms with van der Waals surface area (Å²) in [5.74, 6) is -0.0540. The molecule has 1 amide bonds. The highest BCUT2D eigenvalue weighted by Gasteiger charge is 2.19. The number of hydrogen-bond acceptors (Lipinski definition) is 3. The molecule has 0 rings (SSSR count). The lowest BCUT2D eigenvalue weighted by Crippen LogP contribution is -2.45. The van der Waals surface area contributed by atoms with Gasteiger partial charge in [0, 0.05) is 6.42 Å². The number of unbranched alkanes of at least 4 members (excludes halogenated alkanes) is 13. The Balaban J connectivity index is 3.64. The zero-order valence-corrected chi connectivity index (χ0v) is 21.9.